The van der Waals surface area contributed by atoms with E-state index in [1.54, 1.807) is 36.4 Å². The summed E-state index contributed by atoms with van der Waals surface area (Å²) >= 11 is 6.23. The Hall–Kier alpha value is -3.29. The summed E-state index contributed by atoms with van der Waals surface area (Å²) in [6.07, 6.45) is 0. The molecule has 0 aliphatic carbocycles. The molecule has 3 aromatic rings. The predicted octanol–water partition coefficient (Wildman–Crippen LogP) is 2.83. The van der Waals surface area contributed by atoms with Gasteiger partial charge in [-0.2, -0.15) is 8.61 Å². The first-order valence-corrected chi connectivity index (χ1v) is 14.6. The van der Waals surface area contributed by atoms with Gasteiger partial charge in [-0.15, -0.1) is 0 Å². The van der Waals surface area contributed by atoms with E-state index < -0.39 is 44.5 Å². The van der Waals surface area contributed by atoms with Crippen LogP contribution in [-0.2, 0) is 29.6 Å². The number of amides is 1. The Bertz CT molecular complexity index is 1550. The van der Waals surface area contributed by atoms with Crippen LogP contribution >= 0.6 is 11.6 Å². The average Bonchev–Trinajstić information content (AvgIpc) is 2.94. The molecule has 13 heteroatoms. The van der Waals surface area contributed by atoms with E-state index in [4.69, 9.17) is 16.3 Å². The fourth-order valence-electron chi connectivity index (χ4n) is 4.01. The van der Waals surface area contributed by atoms with Crippen LogP contribution in [0.2, 0.25) is 5.02 Å². The molecule has 1 atom stereocenters. The highest BCUT2D eigenvalue weighted by molar-refractivity contribution is 7.89. The van der Waals surface area contributed by atoms with E-state index in [-0.39, 0.29) is 39.2 Å². The molecule has 10 nitrogen and oxygen atoms in total. The molecule has 0 aromatic heterocycles. The summed E-state index contributed by atoms with van der Waals surface area (Å²) in [5.41, 5.74) is 0.151. The number of carbonyl (C=O) groups excluding carboxylic acids is 2. The molecule has 200 valence electrons. The lowest BCUT2D eigenvalue weighted by atomic mass is 10.1. The van der Waals surface area contributed by atoms with Gasteiger partial charge in [-0.05, 0) is 42.5 Å². The van der Waals surface area contributed by atoms with Gasteiger partial charge in [-0.3, -0.25) is 4.79 Å². The highest BCUT2D eigenvalue weighted by Gasteiger charge is 2.43. The molecule has 0 radical (unpaired) electrons. The number of carbonyl (C=O) groups is 2. The van der Waals surface area contributed by atoms with Gasteiger partial charge >= 0.3 is 5.97 Å². The molecule has 4 rings (SSSR count). The third kappa shape index (κ3) is 5.59. The fourth-order valence-corrected chi connectivity index (χ4v) is 7.23. The number of sulfonamides is 2. The first kappa shape index (κ1) is 27.7. The SMILES string of the molecule is COC(=O)c1ccc(Cl)c(NC(=O)[C@@H]2CN(S(=O)(=O)c3ccccc3)CCN2S(=O)(=O)c2ccccc2)c1. The van der Waals surface area contributed by atoms with Crippen LogP contribution in [0.25, 0.3) is 0 Å². The molecule has 1 N–H and O–H groups in total. The summed E-state index contributed by atoms with van der Waals surface area (Å²) in [4.78, 5) is 25.5. The summed E-state index contributed by atoms with van der Waals surface area (Å²) in [6, 6.07) is 17.9. The average molecular weight is 578 g/mol. The van der Waals surface area contributed by atoms with Gasteiger partial charge in [0.25, 0.3) is 0 Å². The molecule has 1 amide bonds. The quantitative estimate of drug-likeness (QED) is 0.427. The number of methoxy groups -OCH3 is 1. The highest BCUT2D eigenvalue weighted by Crippen LogP contribution is 2.28. The molecule has 1 fully saturated rings. The number of rotatable bonds is 7. The van der Waals surface area contributed by atoms with E-state index in [9.17, 15) is 26.4 Å². The maximum Gasteiger partial charge on any atom is 0.337 e. The third-order valence-corrected chi connectivity index (χ3v) is 10.1. The highest BCUT2D eigenvalue weighted by atomic mass is 35.5. The smallest absolute Gasteiger partial charge is 0.337 e. The van der Waals surface area contributed by atoms with Gasteiger partial charge in [-0.25, -0.2) is 21.6 Å². The summed E-state index contributed by atoms with van der Waals surface area (Å²) in [6.45, 7) is -0.869. The van der Waals surface area contributed by atoms with Crippen molar-refractivity contribution in [2.45, 2.75) is 15.8 Å². The molecule has 1 aliphatic heterocycles. The number of nitrogens with one attached hydrogen (secondary N) is 1. The Morgan fingerprint density at radius 2 is 1.45 bits per heavy atom. The van der Waals surface area contributed by atoms with Gasteiger partial charge in [0.1, 0.15) is 6.04 Å². The maximum absolute atomic E-state index is 13.6. The lowest BCUT2D eigenvalue weighted by molar-refractivity contribution is -0.120. The van der Waals surface area contributed by atoms with E-state index in [0.29, 0.717) is 0 Å². The van der Waals surface area contributed by atoms with Crippen LogP contribution < -0.4 is 5.32 Å². The molecular weight excluding hydrogens is 554 g/mol. The topological polar surface area (TPSA) is 130 Å². The van der Waals surface area contributed by atoms with Crippen LogP contribution in [0, 0.1) is 0 Å². The maximum atomic E-state index is 13.6. The second kappa shape index (κ2) is 11.2. The van der Waals surface area contributed by atoms with Crippen molar-refractivity contribution in [2.75, 3.05) is 32.1 Å². The number of halogens is 1. The van der Waals surface area contributed by atoms with Crippen molar-refractivity contribution >= 4 is 49.2 Å². The van der Waals surface area contributed by atoms with Gasteiger partial charge in [0.05, 0.1) is 33.2 Å². The van der Waals surface area contributed by atoms with Crippen LogP contribution in [0.3, 0.4) is 0 Å². The minimum Gasteiger partial charge on any atom is -0.465 e. The third-order valence-electron chi connectivity index (χ3n) is 5.97. The zero-order valence-corrected chi connectivity index (χ0v) is 22.5. The van der Waals surface area contributed by atoms with Crippen LogP contribution in [0.1, 0.15) is 10.4 Å². The minimum atomic E-state index is -4.17. The Kier molecular flexibility index (Phi) is 8.19. The summed E-state index contributed by atoms with van der Waals surface area (Å²) in [5.74, 6) is -1.48. The first-order valence-electron chi connectivity index (χ1n) is 11.4. The number of anilines is 1. The van der Waals surface area contributed by atoms with Gasteiger partial charge in [0.2, 0.25) is 26.0 Å². The van der Waals surface area contributed by atoms with E-state index in [0.717, 1.165) is 8.61 Å². The van der Waals surface area contributed by atoms with Crippen LogP contribution in [-0.4, -0.2) is 70.1 Å². The number of nitrogens with zero attached hydrogens (tertiary/aromatic N) is 2. The van der Waals surface area contributed by atoms with Crippen LogP contribution in [0.5, 0.6) is 0 Å². The molecular formula is C25H24ClN3O7S2. The van der Waals surface area contributed by atoms with Gasteiger partial charge in [0.15, 0.2) is 0 Å². The summed E-state index contributed by atoms with van der Waals surface area (Å²) in [5, 5.41) is 2.65. The molecule has 1 heterocycles. The lowest BCUT2D eigenvalue weighted by Gasteiger charge is -2.39. The van der Waals surface area contributed by atoms with Gasteiger partial charge in [0, 0.05) is 19.6 Å². The van der Waals surface area contributed by atoms with E-state index in [1.807, 2.05) is 0 Å². The Morgan fingerprint density at radius 3 is 2.03 bits per heavy atom. The van der Waals surface area contributed by atoms with Gasteiger partial charge in [-0.1, -0.05) is 48.0 Å². The molecule has 38 heavy (non-hydrogen) atoms. The number of benzene rings is 3. The molecule has 1 saturated heterocycles. The lowest BCUT2D eigenvalue weighted by Crippen LogP contribution is -2.60. The van der Waals surface area contributed by atoms with Crippen molar-refractivity contribution in [3.8, 4) is 0 Å². The number of ether oxygens (including phenoxy) is 1. The van der Waals surface area contributed by atoms with Crippen molar-refractivity contribution in [3.05, 3.63) is 89.4 Å². The zero-order valence-electron chi connectivity index (χ0n) is 20.2. The standard InChI is InChI=1S/C25H24ClN3O7S2/c1-36-25(31)18-12-13-21(26)22(16-18)27-24(30)23-17-28(37(32,33)19-8-4-2-5-9-19)14-15-29(23)38(34,35)20-10-6-3-7-11-20/h2-13,16,23H,14-15,17H2,1H3,(H,27,30)/t23-/m0/s1. The minimum absolute atomic E-state index is 0.0207. The number of hydrogen-bond donors (Lipinski definition) is 1. The van der Waals surface area contributed by atoms with E-state index >= 15 is 0 Å². The number of esters is 1. The van der Waals surface area contributed by atoms with Crippen molar-refractivity contribution < 1.29 is 31.2 Å². The molecule has 0 bridgehead atoms. The van der Waals surface area contributed by atoms with Crippen LogP contribution in [0.15, 0.2) is 88.7 Å². The monoisotopic (exact) mass is 577 g/mol. The van der Waals surface area contributed by atoms with Crippen molar-refractivity contribution in [3.63, 3.8) is 0 Å². The summed E-state index contributed by atoms with van der Waals surface area (Å²) in [7, 11) is -6.99. The predicted molar refractivity (Wildman–Crippen MR) is 141 cm³/mol. The second-order valence-corrected chi connectivity index (χ2v) is 12.5. The molecule has 0 unspecified atom stereocenters. The van der Waals surface area contributed by atoms with Crippen LogP contribution in [0.4, 0.5) is 5.69 Å². The largest absolute Gasteiger partial charge is 0.465 e. The first-order chi connectivity index (χ1) is 18.1. The van der Waals surface area contributed by atoms with E-state index in [2.05, 4.69) is 5.32 Å². The number of piperazine rings is 1. The Morgan fingerprint density at radius 1 is 0.868 bits per heavy atom. The van der Waals surface area contributed by atoms with E-state index in [1.165, 1.54) is 49.6 Å². The normalized spacial score (nSPS) is 17.1. The molecule has 0 saturated carbocycles. The Labute approximate surface area is 225 Å². The second-order valence-electron chi connectivity index (χ2n) is 8.30. The summed E-state index contributed by atoms with van der Waals surface area (Å²) < 4.78 is 60.4. The molecule has 0 spiro atoms. The van der Waals surface area contributed by atoms with Crippen molar-refractivity contribution in [2.24, 2.45) is 0 Å². The number of hydrogen-bond acceptors (Lipinski definition) is 7. The van der Waals surface area contributed by atoms with Crippen molar-refractivity contribution in [1.82, 2.24) is 8.61 Å². The molecule has 3 aromatic carbocycles. The van der Waals surface area contributed by atoms with Gasteiger partial charge < -0.3 is 10.1 Å². The Balaban J connectivity index is 1.71. The molecule has 1 aliphatic rings. The fraction of sp³-hybridized carbons (Fsp3) is 0.200. The zero-order chi connectivity index (χ0) is 27.5. The van der Waals surface area contributed by atoms with Crippen molar-refractivity contribution in [1.29, 1.82) is 0 Å².